The first-order valence-corrected chi connectivity index (χ1v) is 9.83. The number of aromatic nitrogens is 1. The molecule has 153 valence electrons. The molecule has 0 saturated carbocycles. The van der Waals surface area contributed by atoms with Crippen LogP contribution in [0.5, 0.6) is 11.5 Å². The quantitative estimate of drug-likeness (QED) is 0.634. The number of aliphatic hydroxyl groups is 1. The standard InChI is InChI=1S/C21H23ClN3O4/c1-27-17-6-2-3-7-18(17)28-14-15(26)13-24-9-11-25(12-10-24)21-23-20-16(22)5-4-8-19(20)29-21/h2-8,11,15,26H,9-10,12-14H2,1H3. The number of hydrogen-bond acceptors (Lipinski definition) is 7. The monoisotopic (exact) mass is 416 g/mol. The van der Waals surface area contributed by atoms with Crippen molar-refractivity contribution in [3.8, 4) is 11.5 Å². The second-order valence-electron chi connectivity index (χ2n) is 6.83. The summed E-state index contributed by atoms with van der Waals surface area (Å²) >= 11 is 6.18. The highest BCUT2D eigenvalue weighted by Crippen LogP contribution is 2.29. The summed E-state index contributed by atoms with van der Waals surface area (Å²) < 4.78 is 16.8. The summed E-state index contributed by atoms with van der Waals surface area (Å²) in [6, 6.07) is 13.4. The lowest BCUT2D eigenvalue weighted by Gasteiger charge is -2.34. The highest BCUT2D eigenvalue weighted by Gasteiger charge is 2.23. The molecule has 3 aromatic rings. The van der Waals surface area contributed by atoms with Gasteiger partial charge in [0.15, 0.2) is 17.1 Å². The molecular formula is C21H23ClN3O4. The number of aliphatic hydroxyl groups excluding tert-OH is 1. The molecule has 1 aliphatic rings. The zero-order valence-corrected chi connectivity index (χ0v) is 16.9. The van der Waals surface area contributed by atoms with Crippen LogP contribution in [0.2, 0.25) is 5.02 Å². The minimum absolute atomic E-state index is 0.199. The average Bonchev–Trinajstić information content (AvgIpc) is 3.19. The Morgan fingerprint density at radius 2 is 2.00 bits per heavy atom. The lowest BCUT2D eigenvalue weighted by molar-refractivity contribution is 0.0677. The second kappa shape index (κ2) is 8.90. The summed E-state index contributed by atoms with van der Waals surface area (Å²) in [4.78, 5) is 8.63. The fourth-order valence-electron chi connectivity index (χ4n) is 3.29. The van der Waals surface area contributed by atoms with Gasteiger partial charge in [0, 0.05) is 26.2 Å². The Hall–Kier alpha value is -2.48. The molecule has 1 radical (unpaired) electrons. The van der Waals surface area contributed by atoms with Gasteiger partial charge in [-0.25, -0.2) is 0 Å². The van der Waals surface area contributed by atoms with Crippen LogP contribution in [0.25, 0.3) is 11.1 Å². The van der Waals surface area contributed by atoms with E-state index >= 15 is 0 Å². The van der Waals surface area contributed by atoms with Crippen LogP contribution in [0.15, 0.2) is 46.9 Å². The Labute approximate surface area is 174 Å². The number of nitrogens with zero attached hydrogens (tertiary/aromatic N) is 3. The van der Waals surface area contributed by atoms with Crippen molar-refractivity contribution >= 4 is 28.7 Å². The van der Waals surface area contributed by atoms with Gasteiger partial charge in [0.25, 0.3) is 6.01 Å². The van der Waals surface area contributed by atoms with Crippen molar-refractivity contribution in [2.45, 2.75) is 6.10 Å². The van der Waals surface area contributed by atoms with E-state index in [-0.39, 0.29) is 6.61 Å². The van der Waals surface area contributed by atoms with Crippen molar-refractivity contribution in [1.29, 1.82) is 0 Å². The van der Waals surface area contributed by atoms with Gasteiger partial charge in [-0.15, -0.1) is 0 Å². The molecule has 1 unspecified atom stereocenters. The van der Waals surface area contributed by atoms with Crippen molar-refractivity contribution in [3.05, 3.63) is 54.0 Å². The number of benzene rings is 2. The van der Waals surface area contributed by atoms with Gasteiger partial charge in [-0.3, -0.25) is 4.90 Å². The SMILES string of the molecule is COc1ccccc1OCC(O)CN1C[CH]N(c2nc3c(Cl)cccc3o2)CC1. The van der Waals surface area contributed by atoms with E-state index in [1.165, 1.54) is 0 Å². The third-order valence-electron chi connectivity index (χ3n) is 4.79. The molecule has 4 rings (SSSR count). The molecule has 1 N–H and O–H groups in total. The molecule has 7 nitrogen and oxygen atoms in total. The van der Waals surface area contributed by atoms with E-state index in [1.807, 2.05) is 47.8 Å². The second-order valence-corrected chi connectivity index (χ2v) is 7.24. The molecule has 0 spiro atoms. The number of halogens is 1. The van der Waals surface area contributed by atoms with Gasteiger partial charge in [0.05, 0.1) is 18.7 Å². The third-order valence-corrected chi connectivity index (χ3v) is 5.10. The molecule has 1 aliphatic heterocycles. The number of piperazine rings is 1. The minimum atomic E-state index is -0.608. The molecule has 0 aliphatic carbocycles. The molecule has 2 heterocycles. The van der Waals surface area contributed by atoms with E-state index in [2.05, 4.69) is 9.88 Å². The number of anilines is 1. The van der Waals surface area contributed by atoms with Gasteiger partial charge in [-0.2, -0.15) is 4.98 Å². The lowest BCUT2D eigenvalue weighted by Crippen LogP contribution is -2.47. The summed E-state index contributed by atoms with van der Waals surface area (Å²) in [5, 5.41) is 10.9. The molecular weight excluding hydrogens is 394 g/mol. The number of fused-ring (bicyclic) bond motifs is 1. The number of hydrogen-bond donors (Lipinski definition) is 1. The van der Waals surface area contributed by atoms with Crippen molar-refractivity contribution in [3.63, 3.8) is 0 Å². The maximum atomic E-state index is 10.4. The van der Waals surface area contributed by atoms with Crippen LogP contribution < -0.4 is 14.4 Å². The van der Waals surface area contributed by atoms with E-state index in [1.54, 1.807) is 13.2 Å². The first kappa shape index (κ1) is 19.8. The summed E-state index contributed by atoms with van der Waals surface area (Å²) in [6.45, 7) is 4.89. The number of rotatable bonds is 7. The van der Waals surface area contributed by atoms with Gasteiger partial charge in [0.2, 0.25) is 0 Å². The molecule has 1 atom stereocenters. The largest absolute Gasteiger partial charge is 0.493 e. The zero-order valence-electron chi connectivity index (χ0n) is 16.1. The predicted octanol–water partition coefficient (Wildman–Crippen LogP) is 3.21. The summed E-state index contributed by atoms with van der Waals surface area (Å²) in [5.41, 5.74) is 1.34. The molecule has 2 aromatic carbocycles. The zero-order chi connectivity index (χ0) is 20.2. The van der Waals surface area contributed by atoms with Gasteiger partial charge < -0.3 is 23.9 Å². The Morgan fingerprint density at radius 1 is 1.17 bits per heavy atom. The van der Waals surface area contributed by atoms with Crippen LogP contribution in [-0.4, -0.2) is 61.0 Å². The fraction of sp³-hybridized carbons (Fsp3) is 0.333. The Morgan fingerprint density at radius 3 is 2.72 bits per heavy atom. The van der Waals surface area contributed by atoms with Crippen molar-refractivity contribution < 1.29 is 19.0 Å². The highest BCUT2D eigenvalue weighted by atomic mass is 35.5. The molecule has 1 fully saturated rings. The number of para-hydroxylation sites is 3. The van der Waals surface area contributed by atoms with Gasteiger partial charge in [-0.1, -0.05) is 29.8 Å². The topological polar surface area (TPSA) is 71.2 Å². The first-order valence-electron chi connectivity index (χ1n) is 9.45. The number of methoxy groups -OCH3 is 1. The molecule has 0 bridgehead atoms. The molecule has 1 saturated heterocycles. The van der Waals surface area contributed by atoms with Crippen LogP contribution >= 0.6 is 11.6 Å². The van der Waals surface area contributed by atoms with E-state index in [0.29, 0.717) is 53.3 Å². The van der Waals surface area contributed by atoms with Gasteiger partial charge in [0.1, 0.15) is 18.2 Å². The van der Waals surface area contributed by atoms with Gasteiger partial charge in [-0.05, 0) is 24.3 Å². The van der Waals surface area contributed by atoms with Gasteiger partial charge >= 0.3 is 0 Å². The lowest BCUT2D eigenvalue weighted by atomic mass is 10.2. The summed E-state index contributed by atoms with van der Waals surface area (Å²) in [7, 11) is 1.60. The highest BCUT2D eigenvalue weighted by molar-refractivity contribution is 6.34. The maximum Gasteiger partial charge on any atom is 0.298 e. The summed E-state index contributed by atoms with van der Waals surface area (Å²) in [5.74, 6) is 1.28. The van der Waals surface area contributed by atoms with Crippen LogP contribution in [0.3, 0.4) is 0 Å². The van der Waals surface area contributed by atoms with E-state index in [0.717, 1.165) is 6.54 Å². The normalized spacial score (nSPS) is 16.2. The van der Waals surface area contributed by atoms with E-state index in [4.69, 9.17) is 25.5 Å². The third kappa shape index (κ3) is 4.58. The first-order chi connectivity index (χ1) is 14.1. The predicted molar refractivity (Wildman–Crippen MR) is 112 cm³/mol. The molecule has 8 heteroatoms. The molecule has 1 aromatic heterocycles. The average molecular weight is 417 g/mol. The fourth-order valence-corrected chi connectivity index (χ4v) is 3.49. The molecule has 29 heavy (non-hydrogen) atoms. The summed E-state index contributed by atoms with van der Waals surface area (Å²) in [6.07, 6.45) is -0.608. The number of β-amino-alcohol motifs (C(OH)–C–C–N with tert-alkyl or cyclic N) is 1. The number of oxazole rings is 1. The van der Waals surface area contributed by atoms with Crippen molar-refractivity contribution in [1.82, 2.24) is 9.88 Å². The van der Waals surface area contributed by atoms with E-state index < -0.39 is 6.10 Å². The van der Waals surface area contributed by atoms with Crippen LogP contribution in [0.4, 0.5) is 6.01 Å². The minimum Gasteiger partial charge on any atom is -0.493 e. The Balaban J connectivity index is 1.27. The van der Waals surface area contributed by atoms with Crippen molar-refractivity contribution in [2.24, 2.45) is 0 Å². The number of ether oxygens (including phenoxy) is 2. The van der Waals surface area contributed by atoms with Crippen LogP contribution in [0, 0.1) is 6.54 Å². The van der Waals surface area contributed by atoms with Crippen molar-refractivity contribution in [2.75, 3.05) is 44.8 Å². The van der Waals surface area contributed by atoms with Crippen LogP contribution in [0.1, 0.15) is 0 Å². The maximum absolute atomic E-state index is 10.4. The Bertz CT molecular complexity index is 956. The Kier molecular flexibility index (Phi) is 6.08. The van der Waals surface area contributed by atoms with E-state index in [9.17, 15) is 5.11 Å². The van der Waals surface area contributed by atoms with Crippen LogP contribution in [-0.2, 0) is 0 Å². The smallest absolute Gasteiger partial charge is 0.298 e. The molecule has 0 amide bonds.